The van der Waals surface area contributed by atoms with Crippen LogP contribution in [-0.2, 0) is 17.7 Å². The minimum absolute atomic E-state index is 0.277. The van der Waals surface area contributed by atoms with Crippen molar-refractivity contribution in [2.24, 2.45) is 0 Å². The van der Waals surface area contributed by atoms with Crippen LogP contribution in [0.15, 0.2) is 49.1 Å². The van der Waals surface area contributed by atoms with E-state index in [1.54, 1.807) is 12.5 Å². The summed E-state index contributed by atoms with van der Waals surface area (Å²) < 4.78 is 5.94. The van der Waals surface area contributed by atoms with Crippen LogP contribution >= 0.6 is 0 Å². The molecule has 1 aliphatic heterocycles. The number of rotatable bonds is 5. The third-order valence-corrected chi connectivity index (χ3v) is 4.66. The van der Waals surface area contributed by atoms with Crippen LogP contribution in [-0.4, -0.2) is 45.7 Å². The third kappa shape index (κ3) is 3.47. The Bertz CT molecular complexity index is 786. The molecule has 3 heterocycles. The van der Waals surface area contributed by atoms with E-state index >= 15 is 0 Å². The molecule has 0 bridgehead atoms. The van der Waals surface area contributed by atoms with Gasteiger partial charge in [0.2, 0.25) is 0 Å². The van der Waals surface area contributed by atoms with Crippen LogP contribution < -0.4 is 0 Å². The van der Waals surface area contributed by atoms with E-state index in [9.17, 15) is 0 Å². The Morgan fingerprint density at radius 2 is 2.21 bits per heavy atom. The molecule has 1 N–H and O–H groups in total. The summed E-state index contributed by atoms with van der Waals surface area (Å²) in [5.74, 6) is 0. The van der Waals surface area contributed by atoms with Crippen LogP contribution in [0.2, 0.25) is 0 Å². The van der Waals surface area contributed by atoms with Crippen molar-refractivity contribution in [3.8, 4) is 0 Å². The predicted molar refractivity (Wildman–Crippen MR) is 93.7 cm³/mol. The summed E-state index contributed by atoms with van der Waals surface area (Å²) in [4.78, 5) is 14.1. The SMILES string of the molecule is c1ccc2c(CN3CCOC(CCc4ccncn4)C3)c[nH]c2c1. The predicted octanol–water partition coefficient (Wildman–Crippen LogP) is 2.79. The maximum atomic E-state index is 5.94. The summed E-state index contributed by atoms with van der Waals surface area (Å²) in [6, 6.07) is 10.5. The molecule has 1 aliphatic rings. The van der Waals surface area contributed by atoms with Gasteiger partial charge in [-0.3, -0.25) is 4.90 Å². The van der Waals surface area contributed by atoms with Gasteiger partial charge < -0.3 is 9.72 Å². The highest BCUT2D eigenvalue weighted by Crippen LogP contribution is 2.21. The molecule has 1 atom stereocenters. The van der Waals surface area contributed by atoms with Crippen molar-refractivity contribution in [3.63, 3.8) is 0 Å². The average molecular weight is 322 g/mol. The second kappa shape index (κ2) is 7.11. The van der Waals surface area contributed by atoms with Gasteiger partial charge in [0, 0.05) is 48.6 Å². The molecule has 1 aromatic carbocycles. The van der Waals surface area contributed by atoms with Crippen LogP contribution in [0.25, 0.3) is 10.9 Å². The summed E-state index contributed by atoms with van der Waals surface area (Å²) in [6.07, 6.45) is 7.76. The zero-order valence-electron chi connectivity index (χ0n) is 13.7. The van der Waals surface area contributed by atoms with E-state index in [2.05, 4.69) is 50.3 Å². The number of H-pyrrole nitrogens is 1. The molecule has 24 heavy (non-hydrogen) atoms. The monoisotopic (exact) mass is 322 g/mol. The zero-order chi connectivity index (χ0) is 16.2. The fraction of sp³-hybridized carbons (Fsp3) is 0.368. The first kappa shape index (κ1) is 15.3. The maximum Gasteiger partial charge on any atom is 0.115 e. The number of hydrogen-bond donors (Lipinski definition) is 1. The van der Waals surface area contributed by atoms with Gasteiger partial charge in [0.25, 0.3) is 0 Å². The van der Waals surface area contributed by atoms with E-state index in [1.807, 2.05) is 6.07 Å². The Balaban J connectivity index is 1.36. The lowest BCUT2D eigenvalue weighted by atomic mass is 10.1. The Kier molecular flexibility index (Phi) is 4.53. The summed E-state index contributed by atoms with van der Waals surface area (Å²) in [6.45, 7) is 3.74. The zero-order valence-corrected chi connectivity index (χ0v) is 13.7. The van der Waals surface area contributed by atoms with E-state index in [0.29, 0.717) is 0 Å². The van der Waals surface area contributed by atoms with Gasteiger partial charge in [0.05, 0.1) is 12.7 Å². The largest absolute Gasteiger partial charge is 0.376 e. The number of morpholine rings is 1. The lowest BCUT2D eigenvalue weighted by molar-refractivity contribution is -0.0345. The Hall–Kier alpha value is -2.24. The third-order valence-electron chi connectivity index (χ3n) is 4.66. The van der Waals surface area contributed by atoms with Crippen molar-refractivity contribution in [1.82, 2.24) is 19.9 Å². The number of hydrogen-bond acceptors (Lipinski definition) is 4. The molecular formula is C19H22N4O. The van der Waals surface area contributed by atoms with Crippen molar-refractivity contribution in [2.45, 2.75) is 25.5 Å². The topological polar surface area (TPSA) is 54.0 Å². The van der Waals surface area contributed by atoms with Gasteiger partial charge in [-0.25, -0.2) is 9.97 Å². The number of nitrogens with zero attached hydrogens (tertiary/aromatic N) is 3. The Morgan fingerprint density at radius 1 is 1.25 bits per heavy atom. The van der Waals surface area contributed by atoms with Gasteiger partial charge in [-0.05, 0) is 30.5 Å². The molecule has 0 radical (unpaired) electrons. The highest BCUT2D eigenvalue weighted by atomic mass is 16.5. The Morgan fingerprint density at radius 3 is 3.12 bits per heavy atom. The van der Waals surface area contributed by atoms with Gasteiger partial charge in [-0.15, -0.1) is 0 Å². The minimum Gasteiger partial charge on any atom is -0.376 e. The molecule has 4 rings (SSSR count). The van der Waals surface area contributed by atoms with Gasteiger partial charge >= 0.3 is 0 Å². The van der Waals surface area contributed by atoms with E-state index in [4.69, 9.17) is 4.74 Å². The fourth-order valence-corrected chi connectivity index (χ4v) is 3.38. The normalized spacial score (nSPS) is 18.9. The van der Waals surface area contributed by atoms with Crippen LogP contribution in [0.1, 0.15) is 17.7 Å². The lowest BCUT2D eigenvalue weighted by Crippen LogP contribution is -2.42. The number of aryl methyl sites for hydroxylation is 1. The number of aromatic nitrogens is 3. The summed E-state index contributed by atoms with van der Waals surface area (Å²) >= 11 is 0. The summed E-state index contributed by atoms with van der Waals surface area (Å²) in [7, 11) is 0. The van der Waals surface area contributed by atoms with Crippen LogP contribution in [0.5, 0.6) is 0 Å². The van der Waals surface area contributed by atoms with Crippen molar-refractivity contribution in [1.29, 1.82) is 0 Å². The summed E-state index contributed by atoms with van der Waals surface area (Å²) in [5.41, 5.74) is 3.66. The molecule has 0 aliphatic carbocycles. The number of para-hydroxylation sites is 1. The van der Waals surface area contributed by atoms with Crippen molar-refractivity contribution < 1.29 is 4.74 Å². The first-order valence-corrected chi connectivity index (χ1v) is 8.52. The number of nitrogens with one attached hydrogen (secondary N) is 1. The van der Waals surface area contributed by atoms with Crippen molar-refractivity contribution in [3.05, 3.63) is 60.3 Å². The van der Waals surface area contributed by atoms with E-state index in [0.717, 1.165) is 44.8 Å². The number of fused-ring (bicyclic) bond motifs is 1. The highest BCUT2D eigenvalue weighted by molar-refractivity contribution is 5.82. The highest BCUT2D eigenvalue weighted by Gasteiger charge is 2.21. The fourth-order valence-electron chi connectivity index (χ4n) is 3.38. The first-order valence-electron chi connectivity index (χ1n) is 8.52. The van der Waals surface area contributed by atoms with Gasteiger partial charge in [0.1, 0.15) is 6.33 Å². The number of aromatic amines is 1. The van der Waals surface area contributed by atoms with Crippen LogP contribution in [0.4, 0.5) is 0 Å². The van der Waals surface area contributed by atoms with Gasteiger partial charge in [-0.2, -0.15) is 0 Å². The molecule has 1 fully saturated rings. The Labute approximate surface area is 141 Å². The van der Waals surface area contributed by atoms with E-state index in [-0.39, 0.29) is 6.10 Å². The second-order valence-electron chi connectivity index (χ2n) is 6.33. The van der Waals surface area contributed by atoms with Gasteiger partial charge in [0.15, 0.2) is 0 Å². The standard InChI is InChI=1S/C19H22N4O/c1-2-4-19-18(3-1)15(11-21-19)12-23-9-10-24-17(13-23)6-5-16-7-8-20-14-22-16/h1-4,7-8,11,14,17,21H,5-6,9-10,12-13H2. The van der Waals surface area contributed by atoms with Crippen molar-refractivity contribution in [2.75, 3.05) is 19.7 Å². The van der Waals surface area contributed by atoms with Gasteiger partial charge in [-0.1, -0.05) is 18.2 Å². The molecule has 1 saturated heterocycles. The molecule has 0 spiro atoms. The van der Waals surface area contributed by atoms with E-state index in [1.165, 1.54) is 16.5 Å². The molecule has 3 aromatic rings. The number of ether oxygens (including phenoxy) is 1. The maximum absolute atomic E-state index is 5.94. The average Bonchev–Trinajstić information content (AvgIpc) is 3.04. The summed E-state index contributed by atoms with van der Waals surface area (Å²) in [5, 5.41) is 1.32. The molecule has 0 amide bonds. The molecule has 5 nitrogen and oxygen atoms in total. The first-order chi connectivity index (χ1) is 11.9. The molecular weight excluding hydrogens is 300 g/mol. The molecule has 2 aromatic heterocycles. The second-order valence-corrected chi connectivity index (χ2v) is 6.33. The quantitative estimate of drug-likeness (QED) is 0.785. The van der Waals surface area contributed by atoms with Crippen molar-refractivity contribution >= 4 is 10.9 Å². The number of benzene rings is 1. The lowest BCUT2D eigenvalue weighted by Gasteiger charge is -2.32. The van der Waals surface area contributed by atoms with E-state index < -0.39 is 0 Å². The molecule has 0 saturated carbocycles. The molecule has 1 unspecified atom stereocenters. The van der Waals surface area contributed by atoms with Crippen LogP contribution in [0, 0.1) is 0 Å². The minimum atomic E-state index is 0.277. The molecule has 124 valence electrons. The van der Waals surface area contributed by atoms with Crippen LogP contribution in [0.3, 0.4) is 0 Å². The molecule has 5 heteroatoms. The smallest absolute Gasteiger partial charge is 0.115 e.